The number of nitrogens with one attached hydrogen (secondary N) is 1. The summed E-state index contributed by atoms with van der Waals surface area (Å²) >= 11 is 1.34. The van der Waals surface area contributed by atoms with Gasteiger partial charge in [-0.2, -0.15) is 31.4 Å². The van der Waals surface area contributed by atoms with Crippen LogP contribution in [0.2, 0.25) is 0 Å². The monoisotopic (exact) mass is 557 g/mol. The number of amidine groups is 1. The van der Waals surface area contributed by atoms with Crippen LogP contribution in [0.25, 0.3) is 0 Å². The Hall–Kier alpha value is -3.07. The standard InChI is InChI=1S/C26H29F6N5S/c1-17(19-8-6-7-13-38-19)16-34-21-14-22(37(5)33-3)36(4)23(35-21)24(2)12-11-18(15-25(27,28)29)9-10-20(24)26(30,31)32/h8-11,14,20,23H,1,3,6,12,15-16H2,2,4-5H3,(H,34,35)/t20-,23?,24+/m0/s1. The normalized spacial score (nSPS) is 26.8. The van der Waals surface area contributed by atoms with Crippen molar-refractivity contribution in [1.29, 1.82) is 0 Å². The van der Waals surface area contributed by atoms with E-state index in [4.69, 9.17) is 0 Å². The van der Waals surface area contributed by atoms with Crippen LogP contribution in [0.5, 0.6) is 0 Å². The minimum Gasteiger partial charge on any atom is -0.350 e. The number of aliphatic imine (C=N–C) groups is 1. The number of rotatable bonds is 7. The molecule has 2 heterocycles. The predicted molar refractivity (Wildman–Crippen MR) is 140 cm³/mol. The van der Waals surface area contributed by atoms with E-state index in [2.05, 4.69) is 39.9 Å². The molecule has 0 saturated carbocycles. The van der Waals surface area contributed by atoms with Gasteiger partial charge < -0.3 is 10.2 Å². The molecule has 0 fully saturated rings. The lowest BCUT2D eigenvalue weighted by Crippen LogP contribution is -2.62. The first-order valence-electron chi connectivity index (χ1n) is 11.7. The van der Waals surface area contributed by atoms with E-state index in [1.807, 2.05) is 6.08 Å². The van der Waals surface area contributed by atoms with Gasteiger partial charge in [-0.1, -0.05) is 43.7 Å². The minimum atomic E-state index is -4.71. The molecule has 1 N–H and O–H groups in total. The third-order valence-corrected chi connectivity index (χ3v) is 7.58. The molecule has 2 aliphatic heterocycles. The average Bonchev–Trinajstić information content (AvgIpc) is 3.01. The first kappa shape index (κ1) is 29.5. The fourth-order valence-corrected chi connectivity index (χ4v) is 5.27. The summed E-state index contributed by atoms with van der Waals surface area (Å²) in [6.07, 6.45) is -4.67. The van der Waals surface area contributed by atoms with Gasteiger partial charge >= 0.3 is 12.4 Å². The van der Waals surface area contributed by atoms with Gasteiger partial charge in [-0.25, -0.2) is 0 Å². The molecule has 0 amide bonds. The van der Waals surface area contributed by atoms with Crippen molar-refractivity contribution in [2.24, 2.45) is 21.4 Å². The van der Waals surface area contributed by atoms with Crippen molar-refractivity contribution in [3.05, 3.63) is 58.8 Å². The third kappa shape index (κ3) is 6.87. The molecule has 3 rings (SSSR count). The lowest BCUT2D eigenvalue weighted by atomic mass is 9.71. The summed E-state index contributed by atoms with van der Waals surface area (Å²) in [5.41, 5.74) is -1.12. The third-order valence-electron chi connectivity index (χ3n) is 6.65. The maximum absolute atomic E-state index is 14.4. The smallest absolute Gasteiger partial charge is 0.350 e. The summed E-state index contributed by atoms with van der Waals surface area (Å²) in [6.45, 7) is 9.13. The molecule has 206 valence electrons. The highest BCUT2D eigenvalue weighted by Crippen LogP contribution is 2.49. The van der Waals surface area contributed by atoms with Crippen LogP contribution in [-0.2, 0) is 0 Å². The molecule has 1 unspecified atom stereocenters. The van der Waals surface area contributed by atoms with Crippen LogP contribution in [0.3, 0.4) is 0 Å². The number of allylic oxidation sites excluding steroid dienone is 5. The fourth-order valence-electron chi connectivity index (χ4n) is 4.63. The van der Waals surface area contributed by atoms with Gasteiger partial charge in [-0.05, 0) is 34.6 Å². The SMILES string of the molecule is C=NN(C)C1=CC(=NCC(=C)C2=CCC#CS2)NC([C@]2(C)CC=C(CC(F)(F)F)C=C[C@@H]2C(F)(F)F)N1C. The molecule has 0 aromatic carbocycles. The van der Waals surface area contributed by atoms with E-state index in [1.54, 1.807) is 25.1 Å². The lowest BCUT2D eigenvalue weighted by Gasteiger charge is -2.50. The van der Waals surface area contributed by atoms with Crippen LogP contribution in [0.4, 0.5) is 26.3 Å². The predicted octanol–water partition coefficient (Wildman–Crippen LogP) is 6.20. The van der Waals surface area contributed by atoms with E-state index in [9.17, 15) is 26.3 Å². The molecule has 0 aromatic rings. The summed E-state index contributed by atoms with van der Waals surface area (Å²) in [4.78, 5) is 7.02. The van der Waals surface area contributed by atoms with Crippen molar-refractivity contribution < 1.29 is 26.3 Å². The highest BCUT2D eigenvalue weighted by atomic mass is 32.2. The van der Waals surface area contributed by atoms with E-state index in [0.29, 0.717) is 23.7 Å². The zero-order chi connectivity index (χ0) is 28.3. The van der Waals surface area contributed by atoms with Crippen LogP contribution < -0.4 is 5.32 Å². The number of hydrogen-bond acceptors (Lipinski definition) is 5. The highest BCUT2D eigenvalue weighted by Gasteiger charge is 2.55. The number of hydrogen-bond donors (Lipinski definition) is 1. The molecule has 3 atom stereocenters. The van der Waals surface area contributed by atoms with Crippen molar-refractivity contribution in [1.82, 2.24) is 15.2 Å². The van der Waals surface area contributed by atoms with Gasteiger partial charge in [0.1, 0.15) is 17.8 Å². The van der Waals surface area contributed by atoms with Crippen molar-refractivity contribution in [2.45, 2.75) is 44.7 Å². The fraction of sp³-hybridized carbons (Fsp3) is 0.462. The average molecular weight is 558 g/mol. The molecule has 0 saturated heterocycles. The second kappa shape index (κ2) is 11.4. The first-order valence-corrected chi connectivity index (χ1v) is 12.5. The zero-order valence-electron chi connectivity index (χ0n) is 21.2. The first-order chi connectivity index (χ1) is 17.7. The molecule has 12 heteroatoms. The second-order valence-corrected chi connectivity index (χ2v) is 10.3. The molecule has 38 heavy (non-hydrogen) atoms. The summed E-state index contributed by atoms with van der Waals surface area (Å²) in [5, 5.41) is 11.3. The number of alkyl halides is 6. The van der Waals surface area contributed by atoms with Crippen molar-refractivity contribution in [2.75, 3.05) is 20.6 Å². The van der Waals surface area contributed by atoms with Gasteiger partial charge in [0.15, 0.2) is 0 Å². The van der Waals surface area contributed by atoms with Gasteiger partial charge in [0.05, 0.1) is 18.9 Å². The summed E-state index contributed by atoms with van der Waals surface area (Å²) < 4.78 is 82.3. The van der Waals surface area contributed by atoms with Crippen LogP contribution in [-0.4, -0.2) is 61.6 Å². The van der Waals surface area contributed by atoms with Crippen LogP contribution in [0.1, 0.15) is 26.2 Å². The highest BCUT2D eigenvalue weighted by molar-refractivity contribution is 8.07. The van der Waals surface area contributed by atoms with Gasteiger partial charge in [-0.15, -0.1) is 0 Å². The molecule has 5 nitrogen and oxygen atoms in total. The Morgan fingerprint density at radius 1 is 1.29 bits per heavy atom. The Kier molecular flexibility index (Phi) is 8.81. The van der Waals surface area contributed by atoms with Crippen molar-refractivity contribution in [3.63, 3.8) is 0 Å². The Morgan fingerprint density at radius 3 is 2.58 bits per heavy atom. The van der Waals surface area contributed by atoms with E-state index in [1.165, 1.54) is 29.8 Å². The Bertz CT molecular complexity index is 1170. The lowest BCUT2D eigenvalue weighted by molar-refractivity contribution is -0.199. The van der Waals surface area contributed by atoms with Gasteiger partial charge in [0, 0.05) is 43.6 Å². The number of nitrogens with zero attached hydrogens (tertiary/aromatic N) is 4. The van der Waals surface area contributed by atoms with Gasteiger partial charge in [0.2, 0.25) is 0 Å². The molecule has 0 radical (unpaired) electrons. The molecule has 0 bridgehead atoms. The molecule has 0 spiro atoms. The molecule has 0 aromatic heterocycles. The molecular formula is C26H29F6N5S. The van der Waals surface area contributed by atoms with E-state index >= 15 is 0 Å². The van der Waals surface area contributed by atoms with Gasteiger partial charge in [-0.3, -0.25) is 10.0 Å². The minimum absolute atomic E-state index is 0.170. The quantitative estimate of drug-likeness (QED) is 0.175. The summed E-state index contributed by atoms with van der Waals surface area (Å²) in [5.74, 6) is 1.60. The molecule has 1 aliphatic carbocycles. The summed E-state index contributed by atoms with van der Waals surface area (Å²) in [6, 6.07) is 0. The van der Waals surface area contributed by atoms with Crippen molar-refractivity contribution in [3.8, 4) is 11.2 Å². The van der Waals surface area contributed by atoms with E-state index in [-0.39, 0.29) is 18.5 Å². The van der Waals surface area contributed by atoms with Crippen LogP contribution in [0, 0.1) is 22.5 Å². The van der Waals surface area contributed by atoms with Gasteiger partial charge in [0.25, 0.3) is 0 Å². The topological polar surface area (TPSA) is 43.2 Å². The number of hydrazone groups is 1. The van der Waals surface area contributed by atoms with Crippen LogP contribution >= 0.6 is 11.8 Å². The van der Waals surface area contributed by atoms with Crippen LogP contribution in [0.15, 0.2) is 68.9 Å². The zero-order valence-corrected chi connectivity index (χ0v) is 22.1. The maximum atomic E-state index is 14.4. The largest absolute Gasteiger partial charge is 0.395 e. The maximum Gasteiger partial charge on any atom is 0.395 e. The Balaban J connectivity index is 2.01. The Labute approximate surface area is 222 Å². The molecular weight excluding hydrogens is 528 g/mol. The van der Waals surface area contributed by atoms with E-state index < -0.39 is 36.3 Å². The number of thioether (sulfide) groups is 1. The Morgan fingerprint density at radius 2 is 2.00 bits per heavy atom. The second-order valence-electron chi connectivity index (χ2n) is 9.44. The van der Waals surface area contributed by atoms with Crippen molar-refractivity contribution >= 4 is 24.3 Å². The summed E-state index contributed by atoms with van der Waals surface area (Å²) in [7, 11) is 3.19. The molecule has 3 aliphatic rings. The van der Waals surface area contributed by atoms with E-state index in [0.717, 1.165) is 17.1 Å². The number of halogens is 6.